The fraction of sp³-hybridized carbons (Fsp3) is 0.789. The number of allylic oxidation sites excluding steroid dienone is 1. The fourth-order valence-corrected chi connectivity index (χ4v) is 3.15. The number of aldehydes is 1. The van der Waals surface area contributed by atoms with Gasteiger partial charge in [0.2, 0.25) is 0 Å². The molecule has 132 valence electrons. The van der Waals surface area contributed by atoms with E-state index in [-0.39, 0.29) is 0 Å². The van der Waals surface area contributed by atoms with Crippen LogP contribution in [0.5, 0.6) is 0 Å². The number of likely N-dealkylation sites (tertiary alicyclic amines) is 2. The van der Waals surface area contributed by atoms with E-state index >= 15 is 0 Å². The summed E-state index contributed by atoms with van der Waals surface area (Å²) < 4.78 is 0. The van der Waals surface area contributed by atoms with E-state index in [1.807, 2.05) is 20.8 Å². The van der Waals surface area contributed by atoms with Gasteiger partial charge in [0, 0.05) is 37.8 Å². The van der Waals surface area contributed by atoms with Crippen LogP contribution in [0.25, 0.3) is 0 Å². The summed E-state index contributed by atoms with van der Waals surface area (Å²) >= 11 is 0. The number of amidine groups is 1. The standard InChI is InChI=1S/C17H29N3O.C2H6/c1-15(18-17-8-4-7-10-19(17)2)16(14-21)9-13-20-11-5-3-6-12-20;1-2/h14H,3-13H2,1-2H3;1-2H3/b16-15-,18-17?;. The molecule has 0 N–H and O–H groups in total. The quantitative estimate of drug-likeness (QED) is 0.569. The van der Waals surface area contributed by atoms with Crippen LogP contribution in [0.15, 0.2) is 16.3 Å². The first-order valence-electron chi connectivity index (χ1n) is 9.36. The minimum atomic E-state index is 0.829. The van der Waals surface area contributed by atoms with Crippen LogP contribution >= 0.6 is 0 Å². The molecule has 0 unspecified atom stereocenters. The molecule has 2 rings (SSSR count). The van der Waals surface area contributed by atoms with Crippen LogP contribution in [0.2, 0.25) is 0 Å². The molecule has 0 saturated carbocycles. The average molecular weight is 322 g/mol. The van der Waals surface area contributed by atoms with E-state index < -0.39 is 0 Å². The lowest BCUT2D eigenvalue weighted by molar-refractivity contribution is -0.105. The van der Waals surface area contributed by atoms with Crippen molar-refractivity contribution in [1.29, 1.82) is 0 Å². The maximum absolute atomic E-state index is 11.4. The lowest BCUT2D eigenvalue weighted by atomic mass is 10.1. The van der Waals surface area contributed by atoms with Crippen molar-refractivity contribution in [2.45, 2.75) is 65.7 Å². The zero-order valence-electron chi connectivity index (χ0n) is 15.6. The Balaban J connectivity index is 0.00000127. The van der Waals surface area contributed by atoms with Gasteiger partial charge < -0.3 is 9.80 Å². The molecule has 2 saturated heterocycles. The number of aliphatic imine (C=N–C) groups is 1. The van der Waals surface area contributed by atoms with Crippen molar-refractivity contribution in [2.75, 3.05) is 33.2 Å². The number of hydrogen-bond acceptors (Lipinski definition) is 3. The first-order chi connectivity index (χ1) is 11.2. The normalized spacial score (nSPS) is 22.3. The van der Waals surface area contributed by atoms with Gasteiger partial charge in [0.05, 0.1) is 0 Å². The van der Waals surface area contributed by atoms with Crippen LogP contribution in [0.3, 0.4) is 0 Å². The number of hydrogen-bond donors (Lipinski definition) is 0. The Labute approximate surface area is 142 Å². The molecule has 0 spiro atoms. The van der Waals surface area contributed by atoms with Gasteiger partial charge in [-0.3, -0.25) is 4.79 Å². The average Bonchev–Trinajstić information content (AvgIpc) is 2.60. The van der Waals surface area contributed by atoms with Crippen molar-refractivity contribution in [3.63, 3.8) is 0 Å². The molecule has 4 heteroatoms. The first-order valence-corrected chi connectivity index (χ1v) is 9.36. The molecule has 2 aliphatic rings. The van der Waals surface area contributed by atoms with Gasteiger partial charge in [0.1, 0.15) is 12.1 Å². The lowest BCUT2D eigenvalue weighted by Crippen LogP contribution is -2.32. The minimum Gasteiger partial charge on any atom is -0.363 e. The van der Waals surface area contributed by atoms with E-state index in [0.717, 1.165) is 49.3 Å². The van der Waals surface area contributed by atoms with Crippen molar-refractivity contribution in [3.8, 4) is 0 Å². The van der Waals surface area contributed by atoms with Crippen LogP contribution in [0, 0.1) is 0 Å². The lowest BCUT2D eigenvalue weighted by Gasteiger charge is -2.27. The molecule has 0 radical (unpaired) electrons. The van der Waals surface area contributed by atoms with Crippen LogP contribution in [-0.2, 0) is 4.79 Å². The highest BCUT2D eigenvalue weighted by Gasteiger charge is 2.14. The molecule has 0 aliphatic carbocycles. The number of carbonyl (C=O) groups excluding carboxylic acids is 1. The second kappa shape index (κ2) is 11.4. The zero-order chi connectivity index (χ0) is 17.1. The van der Waals surface area contributed by atoms with Crippen molar-refractivity contribution < 1.29 is 4.79 Å². The minimum absolute atomic E-state index is 0.829. The van der Waals surface area contributed by atoms with E-state index in [0.29, 0.717) is 0 Å². The van der Waals surface area contributed by atoms with Crippen LogP contribution in [-0.4, -0.2) is 55.1 Å². The second-order valence-corrected chi connectivity index (χ2v) is 6.29. The number of piperidine rings is 2. The number of carbonyl (C=O) groups is 1. The Morgan fingerprint density at radius 1 is 1.09 bits per heavy atom. The summed E-state index contributed by atoms with van der Waals surface area (Å²) in [5.41, 5.74) is 1.78. The van der Waals surface area contributed by atoms with Crippen molar-refractivity contribution >= 4 is 12.1 Å². The van der Waals surface area contributed by atoms with Crippen molar-refractivity contribution in [2.24, 2.45) is 4.99 Å². The largest absolute Gasteiger partial charge is 0.363 e. The molecular formula is C19H35N3O. The molecule has 0 aromatic heterocycles. The second-order valence-electron chi connectivity index (χ2n) is 6.29. The molecule has 0 aromatic rings. The smallest absolute Gasteiger partial charge is 0.147 e. The predicted octanol–water partition coefficient (Wildman–Crippen LogP) is 3.88. The molecule has 2 heterocycles. The maximum atomic E-state index is 11.4. The molecule has 4 nitrogen and oxygen atoms in total. The number of nitrogens with zero attached hydrogens (tertiary/aromatic N) is 3. The zero-order valence-corrected chi connectivity index (χ0v) is 15.6. The van der Waals surface area contributed by atoms with Gasteiger partial charge in [-0.15, -0.1) is 0 Å². The summed E-state index contributed by atoms with van der Waals surface area (Å²) in [6.45, 7) is 10.4. The SMILES string of the molecule is C/C(N=C1CCCCN1C)=C(/C=O)CCN1CCCCC1.CC. The molecule has 23 heavy (non-hydrogen) atoms. The Kier molecular flexibility index (Phi) is 9.85. The first kappa shape index (κ1) is 19.9. The Morgan fingerprint density at radius 2 is 1.74 bits per heavy atom. The Morgan fingerprint density at radius 3 is 2.35 bits per heavy atom. The highest BCUT2D eigenvalue weighted by Crippen LogP contribution is 2.16. The monoisotopic (exact) mass is 321 g/mol. The molecule has 2 fully saturated rings. The summed E-state index contributed by atoms with van der Waals surface area (Å²) in [4.78, 5) is 20.8. The summed E-state index contributed by atoms with van der Waals surface area (Å²) in [5.74, 6) is 1.14. The predicted molar refractivity (Wildman–Crippen MR) is 98.9 cm³/mol. The summed E-state index contributed by atoms with van der Waals surface area (Å²) in [7, 11) is 2.10. The van der Waals surface area contributed by atoms with E-state index in [4.69, 9.17) is 4.99 Å². The van der Waals surface area contributed by atoms with Gasteiger partial charge in [0.25, 0.3) is 0 Å². The van der Waals surface area contributed by atoms with E-state index in [9.17, 15) is 4.79 Å². The Bertz CT molecular complexity index is 409. The van der Waals surface area contributed by atoms with E-state index in [1.165, 1.54) is 45.2 Å². The van der Waals surface area contributed by atoms with Crippen LogP contribution in [0.4, 0.5) is 0 Å². The van der Waals surface area contributed by atoms with Gasteiger partial charge in [-0.2, -0.15) is 0 Å². The number of rotatable bonds is 5. The fourth-order valence-electron chi connectivity index (χ4n) is 3.15. The molecular weight excluding hydrogens is 286 g/mol. The maximum Gasteiger partial charge on any atom is 0.147 e. The van der Waals surface area contributed by atoms with Crippen LogP contribution in [0.1, 0.15) is 65.7 Å². The van der Waals surface area contributed by atoms with Gasteiger partial charge in [0.15, 0.2) is 0 Å². The molecule has 0 atom stereocenters. The topological polar surface area (TPSA) is 35.9 Å². The summed E-state index contributed by atoms with van der Waals surface area (Å²) in [6, 6.07) is 0. The Hall–Kier alpha value is -1.16. The van der Waals surface area contributed by atoms with Gasteiger partial charge >= 0.3 is 0 Å². The van der Waals surface area contributed by atoms with E-state index in [2.05, 4.69) is 16.8 Å². The van der Waals surface area contributed by atoms with Crippen molar-refractivity contribution in [1.82, 2.24) is 9.80 Å². The summed E-state index contributed by atoms with van der Waals surface area (Å²) in [6.07, 6.45) is 9.27. The van der Waals surface area contributed by atoms with Gasteiger partial charge in [-0.25, -0.2) is 4.99 Å². The third kappa shape index (κ3) is 6.86. The highest BCUT2D eigenvalue weighted by atomic mass is 16.1. The highest BCUT2D eigenvalue weighted by molar-refractivity contribution is 5.84. The van der Waals surface area contributed by atoms with Crippen molar-refractivity contribution in [3.05, 3.63) is 11.3 Å². The van der Waals surface area contributed by atoms with Crippen LogP contribution < -0.4 is 0 Å². The molecule has 0 aromatic carbocycles. The van der Waals surface area contributed by atoms with Gasteiger partial charge in [-0.1, -0.05) is 20.3 Å². The molecule has 0 amide bonds. The molecule has 2 aliphatic heterocycles. The molecule has 0 bridgehead atoms. The third-order valence-corrected chi connectivity index (χ3v) is 4.63. The third-order valence-electron chi connectivity index (χ3n) is 4.63. The summed E-state index contributed by atoms with van der Waals surface area (Å²) in [5, 5.41) is 0. The van der Waals surface area contributed by atoms with Gasteiger partial charge in [-0.05, 0) is 52.1 Å². The van der Waals surface area contributed by atoms with E-state index in [1.54, 1.807) is 0 Å².